The summed E-state index contributed by atoms with van der Waals surface area (Å²) in [4.78, 5) is 13.9. The van der Waals surface area contributed by atoms with E-state index in [1.165, 1.54) is 12.8 Å². The Morgan fingerprint density at radius 1 is 1.29 bits per heavy atom. The average molecular weight is 195 g/mol. The van der Waals surface area contributed by atoms with Crippen molar-refractivity contribution >= 4 is 6.03 Å². The summed E-state index contributed by atoms with van der Waals surface area (Å²) >= 11 is 0. The van der Waals surface area contributed by atoms with Gasteiger partial charge in [-0.15, -0.1) is 0 Å². The fourth-order valence-corrected chi connectivity index (χ4v) is 2.82. The second-order valence-corrected chi connectivity index (χ2v) is 4.73. The monoisotopic (exact) mass is 195 g/mol. The topological polar surface area (TPSA) is 44.4 Å². The normalized spacial score (nSPS) is 30.9. The van der Waals surface area contributed by atoms with Crippen LogP contribution in [0.4, 0.5) is 4.79 Å². The summed E-state index contributed by atoms with van der Waals surface area (Å²) in [5, 5.41) is 6.38. The highest BCUT2D eigenvalue weighted by atomic mass is 16.2. The van der Waals surface area contributed by atoms with Crippen LogP contribution in [0.25, 0.3) is 0 Å². The van der Waals surface area contributed by atoms with Gasteiger partial charge in [-0.05, 0) is 38.8 Å². The zero-order valence-electron chi connectivity index (χ0n) is 8.38. The minimum absolute atomic E-state index is 0.156. The van der Waals surface area contributed by atoms with E-state index in [1.54, 1.807) is 0 Å². The number of amides is 2. The number of piperidine rings is 1. The smallest absolute Gasteiger partial charge is 0.318 e. The molecule has 78 valence electrons. The molecule has 3 aliphatic rings. The Morgan fingerprint density at radius 2 is 2.00 bits per heavy atom. The first-order valence-corrected chi connectivity index (χ1v) is 5.60. The Hall–Kier alpha value is -0.770. The van der Waals surface area contributed by atoms with Crippen molar-refractivity contribution in [3.63, 3.8) is 0 Å². The van der Waals surface area contributed by atoms with E-state index in [2.05, 4.69) is 15.5 Å². The van der Waals surface area contributed by atoms with Gasteiger partial charge in [0.15, 0.2) is 0 Å². The Kier molecular flexibility index (Phi) is 1.74. The van der Waals surface area contributed by atoms with Gasteiger partial charge in [-0.2, -0.15) is 0 Å². The van der Waals surface area contributed by atoms with Gasteiger partial charge < -0.3 is 15.5 Å². The molecule has 0 aromatic rings. The van der Waals surface area contributed by atoms with Crippen molar-refractivity contribution in [2.24, 2.45) is 0 Å². The van der Waals surface area contributed by atoms with E-state index in [9.17, 15) is 4.79 Å². The lowest BCUT2D eigenvalue weighted by Crippen LogP contribution is -2.54. The molecule has 0 radical (unpaired) electrons. The van der Waals surface area contributed by atoms with Crippen molar-refractivity contribution in [1.82, 2.24) is 15.5 Å². The molecule has 3 fully saturated rings. The highest BCUT2D eigenvalue weighted by molar-refractivity contribution is 5.78. The molecule has 4 heteroatoms. The second-order valence-electron chi connectivity index (χ2n) is 4.73. The van der Waals surface area contributed by atoms with Gasteiger partial charge in [0.25, 0.3) is 0 Å². The van der Waals surface area contributed by atoms with Crippen LogP contribution in [-0.4, -0.2) is 42.1 Å². The van der Waals surface area contributed by atoms with Crippen LogP contribution >= 0.6 is 0 Å². The third-order valence-corrected chi connectivity index (χ3v) is 3.74. The van der Waals surface area contributed by atoms with Crippen LogP contribution in [0, 0.1) is 0 Å². The van der Waals surface area contributed by atoms with E-state index < -0.39 is 0 Å². The quantitative estimate of drug-likeness (QED) is 0.632. The molecule has 2 N–H and O–H groups in total. The first kappa shape index (κ1) is 8.53. The molecule has 2 aliphatic heterocycles. The number of rotatable bonds is 1. The highest BCUT2D eigenvalue weighted by Crippen LogP contribution is 2.39. The molecular formula is C10H17N3O. The van der Waals surface area contributed by atoms with Crippen molar-refractivity contribution in [2.75, 3.05) is 19.6 Å². The lowest BCUT2D eigenvalue weighted by molar-refractivity contribution is 0.119. The van der Waals surface area contributed by atoms with Crippen molar-refractivity contribution < 1.29 is 4.79 Å². The lowest BCUT2D eigenvalue weighted by Gasteiger charge is -2.40. The predicted molar refractivity (Wildman–Crippen MR) is 53.1 cm³/mol. The van der Waals surface area contributed by atoms with Gasteiger partial charge in [0, 0.05) is 12.6 Å². The minimum Gasteiger partial charge on any atom is -0.336 e. The van der Waals surface area contributed by atoms with E-state index in [0.717, 1.165) is 32.5 Å². The van der Waals surface area contributed by atoms with E-state index in [-0.39, 0.29) is 11.6 Å². The molecule has 14 heavy (non-hydrogen) atoms. The Bertz CT molecular complexity index is 256. The van der Waals surface area contributed by atoms with E-state index in [1.807, 2.05) is 0 Å². The van der Waals surface area contributed by atoms with Crippen LogP contribution in [-0.2, 0) is 0 Å². The molecule has 1 saturated carbocycles. The van der Waals surface area contributed by atoms with Crippen LogP contribution in [0.15, 0.2) is 0 Å². The maximum atomic E-state index is 11.7. The molecule has 0 bridgehead atoms. The molecule has 4 nitrogen and oxygen atoms in total. The molecule has 2 saturated heterocycles. The number of hydrogen-bond donors (Lipinski definition) is 2. The number of carbonyl (C=O) groups excluding carboxylic acids is 1. The molecule has 0 atom stereocenters. The van der Waals surface area contributed by atoms with Crippen molar-refractivity contribution in [3.05, 3.63) is 0 Å². The van der Waals surface area contributed by atoms with E-state index in [0.29, 0.717) is 6.04 Å². The molecule has 0 aromatic heterocycles. The minimum atomic E-state index is 0.156. The molecule has 1 aliphatic carbocycles. The first-order chi connectivity index (χ1) is 6.82. The Morgan fingerprint density at radius 3 is 2.64 bits per heavy atom. The average Bonchev–Trinajstić information content (AvgIpc) is 2.97. The molecule has 2 amide bonds. The van der Waals surface area contributed by atoms with Crippen LogP contribution in [0.5, 0.6) is 0 Å². The van der Waals surface area contributed by atoms with Crippen LogP contribution in [0.1, 0.15) is 25.7 Å². The molecule has 0 aromatic carbocycles. The lowest BCUT2D eigenvalue weighted by atomic mass is 9.87. The summed E-state index contributed by atoms with van der Waals surface area (Å²) in [6.45, 7) is 2.97. The second kappa shape index (κ2) is 2.86. The fraction of sp³-hybridized carbons (Fsp3) is 0.900. The largest absolute Gasteiger partial charge is 0.336 e. The SMILES string of the molecule is O=C1NCC2(CCNCC2)N1C1CC1. The summed E-state index contributed by atoms with van der Waals surface area (Å²) in [6.07, 6.45) is 4.65. The maximum absolute atomic E-state index is 11.7. The van der Waals surface area contributed by atoms with Gasteiger partial charge in [0.1, 0.15) is 0 Å². The van der Waals surface area contributed by atoms with E-state index in [4.69, 9.17) is 0 Å². The van der Waals surface area contributed by atoms with Gasteiger partial charge in [0.2, 0.25) is 0 Å². The molecule has 3 rings (SSSR count). The Labute approximate surface area is 84.0 Å². The molecule has 0 unspecified atom stereocenters. The summed E-state index contributed by atoms with van der Waals surface area (Å²) in [7, 11) is 0. The van der Waals surface area contributed by atoms with Crippen LogP contribution in [0.3, 0.4) is 0 Å². The zero-order valence-corrected chi connectivity index (χ0v) is 8.38. The first-order valence-electron chi connectivity index (χ1n) is 5.60. The van der Waals surface area contributed by atoms with Crippen molar-refractivity contribution in [3.8, 4) is 0 Å². The van der Waals surface area contributed by atoms with E-state index >= 15 is 0 Å². The Balaban J connectivity index is 1.85. The van der Waals surface area contributed by atoms with Crippen LogP contribution < -0.4 is 10.6 Å². The zero-order chi connectivity index (χ0) is 9.60. The van der Waals surface area contributed by atoms with Gasteiger partial charge >= 0.3 is 6.03 Å². The third kappa shape index (κ3) is 1.13. The number of nitrogens with one attached hydrogen (secondary N) is 2. The maximum Gasteiger partial charge on any atom is 0.318 e. The summed E-state index contributed by atoms with van der Waals surface area (Å²) in [5.74, 6) is 0. The van der Waals surface area contributed by atoms with Gasteiger partial charge in [-0.3, -0.25) is 0 Å². The summed E-state index contributed by atoms with van der Waals surface area (Å²) < 4.78 is 0. The summed E-state index contributed by atoms with van der Waals surface area (Å²) in [5.41, 5.74) is 0.156. The fourth-order valence-electron chi connectivity index (χ4n) is 2.82. The molecular weight excluding hydrogens is 178 g/mol. The van der Waals surface area contributed by atoms with Crippen molar-refractivity contribution in [1.29, 1.82) is 0 Å². The highest BCUT2D eigenvalue weighted by Gasteiger charge is 2.51. The van der Waals surface area contributed by atoms with Gasteiger partial charge in [-0.25, -0.2) is 4.79 Å². The standard InChI is InChI=1S/C10H17N3O/c14-9-12-7-10(3-5-11-6-4-10)13(9)8-1-2-8/h8,11H,1-7H2,(H,12,14). The molecule has 2 heterocycles. The van der Waals surface area contributed by atoms with Gasteiger partial charge in [-0.1, -0.05) is 0 Å². The number of urea groups is 1. The van der Waals surface area contributed by atoms with Crippen LogP contribution in [0.2, 0.25) is 0 Å². The van der Waals surface area contributed by atoms with Crippen molar-refractivity contribution in [2.45, 2.75) is 37.3 Å². The molecule has 1 spiro atoms. The predicted octanol–water partition coefficient (Wildman–Crippen LogP) is 0.296. The third-order valence-electron chi connectivity index (χ3n) is 3.74. The number of carbonyl (C=O) groups is 1. The number of nitrogens with zero attached hydrogens (tertiary/aromatic N) is 1. The summed E-state index contributed by atoms with van der Waals surface area (Å²) in [6, 6.07) is 0.727. The number of hydrogen-bond acceptors (Lipinski definition) is 2. The van der Waals surface area contributed by atoms with Gasteiger partial charge in [0.05, 0.1) is 5.54 Å².